The molecule has 1 aromatic heterocycles. The molecule has 1 aromatic carbocycles. The topological polar surface area (TPSA) is 85.2 Å². The van der Waals surface area contributed by atoms with Gasteiger partial charge in [-0.2, -0.15) is 0 Å². The molecule has 0 aliphatic heterocycles. The summed E-state index contributed by atoms with van der Waals surface area (Å²) < 4.78 is 1.05. The molecule has 2 aromatic rings. The highest BCUT2D eigenvalue weighted by atomic mass is 32.1. The van der Waals surface area contributed by atoms with Gasteiger partial charge in [-0.1, -0.05) is 13.3 Å². The van der Waals surface area contributed by atoms with Crippen LogP contribution in [0.5, 0.6) is 0 Å². The molecule has 19 heavy (non-hydrogen) atoms. The maximum atomic E-state index is 11.2. The Balaban J connectivity index is 2.36. The van der Waals surface area contributed by atoms with Crippen LogP contribution in [-0.2, 0) is 4.79 Å². The maximum absolute atomic E-state index is 11.2. The number of unbranched alkanes of at least 4 members (excludes halogenated alkanes) is 1. The molecule has 0 unspecified atom stereocenters. The molecule has 0 saturated heterocycles. The van der Waals surface area contributed by atoms with Crippen molar-refractivity contribution in [3.8, 4) is 0 Å². The smallest absolute Gasteiger partial charge is 0.236 e. The predicted octanol–water partition coefficient (Wildman–Crippen LogP) is 1.97. The van der Waals surface area contributed by atoms with Crippen molar-refractivity contribution in [2.24, 2.45) is 5.73 Å². The Hall–Kier alpha value is -1.82. The molecule has 6 heteroatoms. The molecular formula is C13H18N4OS. The van der Waals surface area contributed by atoms with E-state index < -0.39 is 0 Å². The monoisotopic (exact) mass is 278 g/mol. The van der Waals surface area contributed by atoms with E-state index in [4.69, 9.17) is 11.5 Å². The molecule has 102 valence electrons. The Bertz CT molecular complexity index is 581. The van der Waals surface area contributed by atoms with E-state index in [1.807, 2.05) is 17.0 Å². The van der Waals surface area contributed by atoms with Crippen molar-refractivity contribution in [1.29, 1.82) is 0 Å². The van der Waals surface area contributed by atoms with E-state index in [-0.39, 0.29) is 12.5 Å². The van der Waals surface area contributed by atoms with Crippen molar-refractivity contribution < 1.29 is 4.79 Å². The largest absolute Gasteiger partial charge is 0.395 e. The highest BCUT2D eigenvalue weighted by molar-refractivity contribution is 7.16. The van der Waals surface area contributed by atoms with Crippen molar-refractivity contribution in [3.05, 3.63) is 17.6 Å². The second kappa shape index (κ2) is 5.88. The summed E-state index contributed by atoms with van der Waals surface area (Å²) in [7, 11) is 0. The SMILES string of the molecule is CCCCN(CC(N)=O)c1ccc2scnc2c1N. The number of fused-ring (bicyclic) bond motifs is 1. The van der Waals surface area contributed by atoms with Gasteiger partial charge in [0.2, 0.25) is 5.91 Å². The second-order valence-electron chi connectivity index (χ2n) is 4.44. The van der Waals surface area contributed by atoms with Gasteiger partial charge in [0.1, 0.15) is 5.52 Å². The van der Waals surface area contributed by atoms with Gasteiger partial charge in [0, 0.05) is 6.54 Å². The second-order valence-corrected chi connectivity index (χ2v) is 5.33. The number of rotatable bonds is 6. The number of primary amides is 1. The number of nitrogen functional groups attached to an aromatic ring is 1. The number of aromatic nitrogens is 1. The zero-order valence-corrected chi connectivity index (χ0v) is 11.7. The third-order valence-electron chi connectivity index (χ3n) is 2.99. The summed E-state index contributed by atoms with van der Waals surface area (Å²) >= 11 is 1.55. The molecule has 4 N–H and O–H groups in total. The van der Waals surface area contributed by atoms with Gasteiger partial charge in [-0.25, -0.2) is 4.98 Å². The van der Waals surface area contributed by atoms with E-state index in [9.17, 15) is 4.79 Å². The number of nitrogens with two attached hydrogens (primary N) is 2. The highest BCUT2D eigenvalue weighted by Crippen LogP contribution is 2.32. The summed E-state index contributed by atoms with van der Waals surface area (Å²) in [4.78, 5) is 17.4. The summed E-state index contributed by atoms with van der Waals surface area (Å²) in [6, 6.07) is 3.92. The number of thiazole rings is 1. The van der Waals surface area contributed by atoms with Gasteiger partial charge in [0.25, 0.3) is 0 Å². The minimum absolute atomic E-state index is 0.180. The van der Waals surface area contributed by atoms with Crippen LogP contribution in [0.4, 0.5) is 11.4 Å². The van der Waals surface area contributed by atoms with Crippen LogP contribution in [0.15, 0.2) is 17.6 Å². The zero-order valence-electron chi connectivity index (χ0n) is 10.9. The fraction of sp³-hybridized carbons (Fsp3) is 0.385. The molecule has 0 radical (unpaired) electrons. The average Bonchev–Trinajstić information content (AvgIpc) is 2.84. The van der Waals surface area contributed by atoms with Gasteiger partial charge in [-0.05, 0) is 18.6 Å². The average molecular weight is 278 g/mol. The van der Waals surface area contributed by atoms with Gasteiger partial charge in [-0.3, -0.25) is 4.79 Å². The van der Waals surface area contributed by atoms with Crippen LogP contribution < -0.4 is 16.4 Å². The van der Waals surface area contributed by atoms with E-state index in [0.29, 0.717) is 5.69 Å². The number of hydrogen-bond acceptors (Lipinski definition) is 5. The Morgan fingerprint density at radius 3 is 2.95 bits per heavy atom. The van der Waals surface area contributed by atoms with Crippen molar-refractivity contribution in [3.63, 3.8) is 0 Å². The molecule has 0 fully saturated rings. The molecule has 0 saturated carbocycles. The fourth-order valence-corrected chi connectivity index (χ4v) is 2.73. The number of nitrogens with zero attached hydrogens (tertiary/aromatic N) is 2. The summed E-state index contributed by atoms with van der Waals surface area (Å²) in [6.07, 6.45) is 2.04. The van der Waals surface area contributed by atoms with E-state index in [2.05, 4.69) is 11.9 Å². The first-order valence-corrected chi connectivity index (χ1v) is 7.16. The van der Waals surface area contributed by atoms with Crippen LogP contribution in [0, 0.1) is 0 Å². The van der Waals surface area contributed by atoms with Gasteiger partial charge in [0.05, 0.1) is 28.1 Å². The first-order valence-electron chi connectivity index (χ1n) is 6.28. The lowest BCUT2D eigenvalue weighted by Crippen LogP contribution is -2.35. The Labute approximate surface area is 116 Å². The highest BCUT2D eigenvalue weighted by Gasteiger charge is 2.15. The molecule has 0 aliphatic carbocycles. The standard InChI is InChI=1S/C13H18N4OS/c1-2-3-6-17(7-11(14)18)9-4-5-10-13(12(9)15)16-8-19-10/h4-5,8H,2-3,6-7,15H2,1H3,(H2,14,18). The van der Waals surface area contributed by atoms with Gasteiger partial charge in [0.15, 0.2) is 0 Å². The quantitative estimate of drug-likeness (QED) is 0.791. The van der Waals surface area contributed by atoms with E-state index in [0.717, 1.165) is 35.3 Å². The van der Waals surface area contributed by atoms with Crippen molar-refractivity contribution >= 4 is 38.8 Å². The number of carbonyl (C=O) groups excluding carboxylic acids is 1. The minimum Gasteiger partial charge on any atom is -0.395 e. The molecular weight excluding hydrogens is 260 g/mol. The molecule has 5 nitrogen and oxygen atoms in total. The molecule has 0 bridgehead atoms. The van der Waals surface area contributed by atoms with Crippen LogP contribution in [0.1, 0.15) is 19.8 Å². The van der Waals surface area contributed by atoms with E-state index in [1.54, 1.807) is 16.8 Å². The number of benzene rings is 1. The molecule has 0 atom stereocenters. The third kappa shape index (κ3) is 2.96. The molecule has 1 amide bonds. The zero-order chi connectivity index (χ0) is 13.8. The number of carbonyl (C=O) groups is 1. The van der Waals surface area contributed by atoms with Gasteiger partial charge < -0.3 is 16.4 Å². The van der Waals surface area contributed by atoms with Crippen molar-refractivity contribution in [2.45, 2.75) is 19.8 Å². The predicted molar refractivity (Wildman–Crippen MR) is 80.3 cm³/mol. The fourth-order valence-electron chi connectivity index (χ4n) is 2.04. The normalized spacial score (nSPS) is 10.8. The van der Waals surface area contributed by atoms with Crippen LogP contribution in [-0.4, -0.2) is 24.0 Å². The molecule has 0 spiro atoms. The number of anilines is 2. The van der Waals surface area contributed by atoms with Gasteiger partial charge >= 0.3 is 0 Å². The summed E-state index contributed by atoms with van der Waals surface area (Å²) in [6.45, 7) is 3.05. The minimum atomic E-state index is -0.353. The first-order chi connectivity index (χ1) is 9.13. The van der Waals surface area contributed by atoms with E-state index >= 15 is 0 Å². The van der Waals surface area contributed by atoms with Crippen LogP contribution in [0.2, 0.25) is 0 Å². The van der Waals surface area contributed by atoms with Crippen LogP contribution >= 0.6 is 11.3 Å². The Kier molecular flexibility index (Phi) is 4.21. The lowest BCUT2D eigenvalue weighted by Gasteiger charge is -2.24. The Morgan fingerprint density at radius 1 is 1.47 bits per heavy atom. The summed E-state index contributed by atoms with van der Waals surface area (Å²) in [5, 5.41) is 0. The number of hydrogen-bond donors (Lipinski definition) is 2. The Morgan fingerprint density at radius 2 is 2.26 bits per heavy atom. The lowest BCUT2D eigenvalue weighted by molar-refractivity contribution is -0.116. The summed E-state index contributed by atoms with van der Waals surface area (Å²) in [5.74, 6) is -0.353. The van der Waals surface area contributed by atoms with Crippen molar-refractivity contribution in [1.82, 2.24) is 4.98 Å². The number of amides is 1. The maximum Gasteiger partial charge on any atom is 0.236 e. The van der Waals surface area contributed by atoms with Crippen molar-refractivity contribution in [2.75, 3.05) is 23.7 Å². The molecule has 1 heterocycles. The van der Waals surface area contributed by atoms with E-state index in [1.165, 1.54) is 0 Å². The lowest BCUT2D eigenvalue weighted by atomic mass is 10.2. The van der Waals surface area contributed by atoms with Gasteiger partial charge in [-0.15, -0.1) is 11.3 Å². The summed E-state index contributed by atoms with van der Waals surface area (Å²) in [5.41, 5.74) is 15.5. The molecule has 2 rings (SSSR count). The first kappa shape index (κ1) is 13.6. The van der Waals surface area contributed by atoms with Crippen LogP contribution in [0.3, 0.4) is 0 Å². The third-order valence-corrected chi connectivity index (χ3v) is 3.78. The molecule has 0 aliphatic rings. The van der Waals surface area contributed by atoms with Crippen LogP contribution in [0.25, 0.3) is 10.2 Å².